The van der Waals surface area contributed by atoms with E-state index in [9.17, 15) is 9.59 Å². The Morgan fingerprint density at radius 2 is 1.88 bits per heavy atom. The van der Waals surface area contributed by atoms with Crippen LogP contribution in [-0.2, 0) is 25.5 Å². The fourth-order valence-electron chi connectivity index (χ4n) is 4.05. The molecule has 1 aromatic rings. The van der Waals surface area contributed by atoms with E-state index >= 15 is 0 Å². The molecule has 5 heteroatoms. The van der Waals surface area contributed by atoms with Crippen LogP contribution >= 0.6 is 15.9 Å². The molecule has 2 aliphatic rings. The monoisotopic (exact) mass is 408 g/mol. The van der Waals surface area contributed by atoms with Crippen molar-refractivity contribution in [2.24, 2.45) is 10.8 Å². The van der Waals surface area contributed by atoms with Gasteiger partial charge in [0.1, 0.15) is 6.10 Å². The second-order valence-electron chi connectivity index (χ2n) is 7.99. The Balaban J connectivity index is 1.71. The van der Waals surface area contributed by atoms with Crippen molar-refractivity contribution in [2.45, 2.75) is 63.5 Å². The molecule has 0 spiro atoms. The molecule has 0 amide bonds. The zero-order valence-corrected chi connectivity index (χ0v) is 16.8. The van der Waals surface area contributed by atoms with Crippen molar-refractivity contribution in [3.63, 3.8) is 0 Å². The van der Waals surface area contributed by atoms with Gasteiger partial charge in [0, 0.05) is 5.41 Å². The molecule has 4 atom stereocenters. The summed E-state index contributed by atoms with van der Waals surface area (Å²) >= 11 is 3.63. The maximum absolute atomic E-state index is 13.0. The number of hydrogen-bond donors (Lipinski definition) is 0. The van der Waals surface area contributed by atoms with Gasteiger partial charge in [-0.1, -0.05) is 60.1 Å². The molecule has 2 bridgehead atoms. The summed E-state index contributed by atoms with van der Waals surface area (Å²) in [6.45, 7) is 7.64. The van der Waals surface area contributed by atoms with E-state index in [4.69, 9.17) is 9.47 Å². The first-order valence-corrected chi connectivity index (χ1v) is 9.68. The highest BCUT2D eigenvalue weighted by Gasteiger charge is 2.76. The van der Waals surface area contributed by atoms with Crippen molar-refractivity contribution < 1.29 is 19.1 Å². The maximum atomic E-state index is 13.0. The summed E-state index contributed by atoms with van der Waals surface area (Å²) in [6, 6.07) is 10.1. The molecule has 136 valence electrons. The molecular formula is C20H25BrO4. The van der Waals surface area contributed by atoms with Crippen LogP contribution in [0.2, 0.25) is 0 Å². The summed E-state index contributed by atoms with van der Waals surface area (Å²) in [5.74, 6) is -0.704. The van der Waals surface area contributed by atoms with Crippen LogP contribution in [0, 0.1) is 10.8 Å². The first kappa shape index (κ1) is 18.4. The Kier molecular flexibility index (Phi) is 4.51. The van der Waals surface area contributed by atoms with Gasteiger partial charge < -0.3 is 9.47 Å². The Bertz CT molecular complexity index is 686. The molecule has 1 heterocycles. The fraction of sp³-hybridized carbons (Fsp3) is 0.600. The van der Waals surface area contributed by atoms with Crippen LogP contribution in [0.5, 0.6) is 0 Å². The molecule has 0 unspecified atom stereocenters. The largest absolute Gasteiger partial charge is 0.458 e. The van der Waals surface area contributed by atoms with Gasteiger partial charge in [-0.25, -0.2) is 4.79 Å². The van der Waals surface area contributed by atoms with Gasteiger partial charge in [0.05, 0.1) is 10.2 Å². The smallest absolute Gasteiger partial charge is 0.351 e. The van der Waals surface area contributed by atoms with Crippen LogP contribution in [0.3, 0.4) is 0 Å². The zero-order chi connectivity index (χ0) is 18.5. The third-order valence-corrected chi connectivity index (χ3v) is 7.56. The molecule has 1 saturated heterocycles. The summed E-state index contributed by atoms with van der Waals surface area (Å²) in [4.78, 5) is 25.3. The number of alkyl halides is 1. The Morgan fingerprint density at radius 3 is 2.40 bits per heavy atom. The molecule has 4 nitrogen and oxygen atoms in total. The van der Waals surface area contributed by atoms with Crippen molar-refractivity contribution in [2.75, 3.05) is 0 Å². The summed E-state index contributed by atoms with van der Waals surface area (Å²) in [6.07, 6.45) is 1.61. The van der Waals surface area contributed by atoms with E-state index in [1.165, 1.54) is 5.56 Å². The van der Waals surface area contributed by atoms with Crippen LogP contribution in [0.15, 0.2) is 30.3 Å². The Morgan fingerprint density at radius 1 is 1.24 bits per heavy atom. The maximum Gasteiger partial charge on any atom is 0.351 e. The average Bonchev–Trinajstić information content (AvgIpc) is 2.86. The van der Waals surface area contributed by atoms with Crippen LogP contribution < -0.4 is 0 Å². The molecule has 25 heavy (non-hydrogen) atoms. The van der Waals surface area contributed by atoms with E-state index in [-0.39, 0.29) is 16.9 Å². The zero-order valence-electron chi connectivity index (χ0n) is 15.2. The lowest BCUT2D eigenvalue weighted by Crippen LogP contribution is -2.50. The first-order valence-electron chi connectivity index (χ1n) is 8.76. The number of carbonyl (C=O) groups is 2. The van der Waals surface area contributed by atoms with Crippen molar-refractivity contribution in [3.8, 4) is 0 Å². The topological polar surface area (TPSA) is 52.6 Å². The Hall–Kier alpha value is -1.36. The van der Waals surface area contributed by atoms with E-state index in [2.05, 4.69) is 15.9 Å². The molecule has 2 fully saturated rings. The van der Waals surface area contributed by atoms with Gasteiger partial charge >= 0.3 is 11.9 Å². The van der Waals surface area contributed by atoms with Crippen LogP contribution in [0.25, 0.3) is 0 Å². The SMILES string of the molecule is C[C@@H](OC(=O)[C@@]12CC[C@@](C)(C(=O)O1)C2(C)C)[C@@H](Br)Cc1ccccc1. The fourth-order valence-corrected chi connectivity index (χ4v) is 4.53. The molecule has 0 aromatic heterocycles. The van der Waals surface area contributed by atoms with Crippen LogP contribution in [0.4, 0.5) is 0 Å². The van der Waals surface area contributed by atoms with Crippen molar-refractivity contribution >= 4 is 27.9 Å². The molecule has 0 radical (unpaired) electrons. The van der Waals surface area contributed by atoms with Crippen LogP contribution in [0.1, 0.15) is 46.1 Å². The molecular weight excluding hydrogens is 384 g/mol. The number of benzene rings is 1. The second kappa shape index (κ2) is 6.11. The van der Waals surface area contributed by atoms with Gasteiger partial charge in [-0.3, -0.25) is 4.79 Å². The highest BCUT2D eigenvalue weighted by Crippen LogP contribution is 2.65. The minimum atomic E-state index is -1.16. The number of carbonyl (C=O) groups excluding carboxylic acids is 2. The lowest BCUT2D eigenvalue weighted by molar-refractivity contribution is -0.186. The lowest BCUT2D eigenvalue weighted by Gasteiger charge is -2.35. The molecule has 0 N–H and O–H groups in total. The predicted molar refractivity (Wildman–Crippen MR) is 98.4 cm³/mol. The first-order chi connectivity index (χ1) is 11.6. The number of hydrogen-bond acceptors (Lipinski definition) is 4. The second-order valence-corrected chi connectivity index (χ2v) is 9.17. The average molecular weight is 409 g/mol. The van der Waals surface area contributed by atoms with Gasteiger partial charge in [0.25, 0.3) is 0 Å². The number of halogens is 1. The van der Waals surface area contributed by atoms with Gasteiger partial charge in [0.15, 0.2) is 0 Å². The summed E-state index contributed by atoms with van der Waals surface area (Å²) in [5.41, 5.74) is -1.18. The van der Waals surface area contributed by atoms with E-state index in [0.29, 0.717) is 12.8 Å². The standard InChI is InChI=1S/C20H25BrO4/c1-13(15(21)12-14-8-6-5-7-9-14)24-17(23)20-11-10-19(4,16(22)25-20)18(20,2)3/h5-9,13,15H,10-12H2,1-4H3/t13-,15+,19+,20-/m1/s1. The summed E-state index contributed by atoms with van der Waals surface area (Å²) in [7, 11) is 0. The molecule has 3 rings (SSSR count). The van der Waals surface area contributed by atoms with Gasteiger partial charge in [-0.05, 0) is 38.7 Å². The minimum Gasteiger partial charge on any atom is -0.458 e. The normalized spacial score (nSPS) is 32.1. The quantitative estimate of drug-likeness (QED) is 0.544. The van der Waals surface area contributed by atoms with E-state index < -0.39 is 22.4 Å². The summed E-state index contributed by atoms with van der Waals surface area (Å²) < 4.78 is 11.4. The molecule has 1 aliphatic heterocycles. The number of rotatable bonds is 5. The van der Waals surface area contributed by atoms with Gasteiger partial charge in [0.2, 0.25) is 5.60 Å². The number of ether oxygens (including phenoxy) is 2. The van der Waals surface area contributed by atoms with E-state index in [1.54, 1.807) is 0 Å². The highest BCUT2D eigenvalue weighted by molar-refractivity contribution is 9.09. The highest BCUT2D eigenvalue weighted by atomic mass is 79.9. The number of esters is 2. The lowest BCUT2D eigenvalue weighted by atomic mass is 9.66. The molecule has 1 saturated carbocycles. The Labute approximate surface area is 157 Å². The van der Waals surface area contributed by atoms with Crippen LogP contribution in [-0.4, -0.2) is 28.5 Å². The van der Waals surface area contributed by atoms with E-state index in [0.717, 1.165) is 6.42 Å². The molecule has 1 aromatic carbocycles. The van der Waals surface area contributed by atoms with Gasteiger partial charge in [-0.2, -0.15) is 0 Å². The predicted octanol–water partition coefficient (Wildman–Crippen LogP) is 4.05. The molecule has 1 aliphatic carbocycles. The third-order valence-electron chi connectivity index (χ3n) is 6.49. The van der Waals surface area contributed by atoms with Crippen molar-refractivity contribution in [3.05, 3.63) is 35.9 Å². The van der Waals surface area contributed by atoms with Crippen molar-refractivity contribution in [1.29, 1.82) is 0 Å². The van der Waals surface area contributed by atoms with Gasteiger partial charge in [-0.15, -0.1) is 0 Å². The minimum absolute atomic E-state index is 0.0109. The van der Waals surface area contributed by atoms with Crippen molar-refractivity contribution in [1.82, 2.24) is 0 Å². The number of fused-ring (bicyclic) bond motifs is 2. The summed E-state index contributed by atoms with van der Waals surface area (Å²) in [5, 5.41) is 0. The van der Waals surface area contributed by atoms with E-state index in [1.807, 2.05) is 58.0 Å². The third kappa shape index (κ3) is 2.62.